The first-order valence-corrected chi connectivity index (χ1v) is 8.11. The maximum Gasteiger partial charge on any atom is 0.253 e. The number of aryl methyl sites for hydroxylation is 2. The summed E-state index contributed by atoms with van der Waals surface area (Å²) in [6.45, 7) is 1.95. The van der Waals surface area contributed by atoms with Crippen molar-refractivity contribution in [1.82, 2.24) is 4.90 Å². The van der Waals surface area contributed by atoms with E-state index in [9.17, 15) is 9.59 Å². The lowest BCUT2D eigenvalue weighted by molar-refractivity contribution is -0.116. The van der Waals surface area contributed by atoms with Crippen LogP contribution in [0, 0.1) is 6.92 Å². The molecule has 0 saturated carbocycles. The second kappa shape index (κ2) is 7.97. The van der Waals surface area contributed by atoms with Crippen LogP contribution in [0.1, 0.15) is 27.9 Å². The van der Waals surface area contributed by atoms with E-state index in [-0.39, 0.29) is 11.8 Å². The second-order valence-corrected chi connectivity index (χ2v) is 6.32. The van der Waals surface area contributed by atoms with Gasteiger partial charge in [-0.3, -0.25) is 9.59 Å². The highest BCUT2D eigenvalue weighted by molar-refractivity contribution is 6.31. The molecule has 0 aliphatic rings. The van der Waals surface area contributed by atoms with Crippen molar-refractivity contribution in [1.29, 1.82) is 0 Å². The topological polar surface area (TPSA) is 49.4 Å². The van der Waals surface area contributed by atoms with Crippen molar-refractivity contribution in [3.63, 3.8) is 0 Å². The van der Waals surface area contributed by atoms with Crippen molar-refractivity contribution in [2.75, 3.05) is 19.4 Å². The Bertz CT molecular complexity index is 740. The lowest BCUT2D eigenvalue weighted by atomic mass is 10.1. The van der Waals surface area contributed by atoms with Crippen LogP contribution >= 0.6 is 11.6 Å². The zero-order valence-corrected chi connectivity index (χ0v) is 14.9. The molecule has 126 valence electrons. The van der Waals surface area contributed by atoms with Gasteiger partial charge in [0.15, 0.2) is 0 Å². The average molecular weight is 345 g/mol. The molecule has 2 aromatic carbocycles. The molecule has 0 fully saturated rings. The van der Waals surface area contributed by atoms with Crippen LogP contribution in [0.2, 0.25) is 5.02 Å². The van der Waals surface area contributed by atoms with E-state index >= 15 is 0 Å². The molecule has 0 aromatic heterocycles. The molecule has 2 aromatic rings. The fourth-order valence-corrected chi connectivity index (χ4v) is 2.43. The summed E-state index contributed by atoms with van der Waals surface area (Å²) < 4.78 is 0. The normalized spacial score (nSPS) is 10.3. The number of nitrogens with one attached hydrogen (secondary N) is 1. The van der Waals surface area contributed by atoms with Gasteiger partial charge < -0.3 is 10.2 Å². The molecular formula is C19H21ClN2O2. The second-order valence-electron chi connectivity index (χ2n) is 5.91. The molecule has 24 heavy (non-hydrogen) atoms. The van der Waals surface area contributed by atoms with Gasteiger partial charge in [-0.2, -0.15) is 0 Å². The molecule has 0 saturated heterocycles. The number of amides is 2. The Hall–Kier alpha value is -2.33. The summed E-state index contributed by atoms with van der Waals surface area (Å²) >= 11 is 6.09. The number of anilines is 1. The van der Waals surface area contributed by atoms with Crippen molar-refractivity contribution >= 4 is 29.1 Å². The first-order valence-electron chi connectivity index (χ1n) is 7.73. The maximum atomic E-state index is 12.0. The van der Waals surface area contributed by atoms with Crippen molar-refractivity contribution in [2.45, 2.75) is 19.8 Å². The van der Waals surface area contributed by atoms with Crippen LogP contribution in [0.3, 0.4) is 0 Å². The van der Waals surface area contributed by atoms with E-state index in [1.165, 1.54) is 4.90 Å². The van der Waals surface area contributed by atoms with Gasteiger partial charge in [0.1, 0.15) is 0 Å². The molecular weight excluding hydrogens is 324 g/mol. The number of hydrogen-bond donors (Lipinski definition) is 1. The third-order valence-corrected chi connectivity index (χ3v) is 4.11. The predicted octanol–water partition coefficient (Wildman–Crippen LogP) is 3.92. The smallest absolute Gasteiger partial charge is 0.253 e. The molecule has 5 heteroatoms. The molecule has 0 heterocycles. The minimum atomic E-state index is -0.0709. The number of hydrogen-bond acceptors (Lipinski definition) is 2. The number of benzene rings is 2. The summed E-state index contributed by atoms with van der Waals surface area (Å²) in [5.41, 5.74) is 3.33. The fourth-order valence-electron chi connectivity index (χ4n) is 2.23. The minimum absolute atomic E-state index is 0.0656. The largest absolute Gasteiger partial charge is 0.345 e. The third-order valence-electron chi connectivity index (χ3n) is 3.70. The molecule has 0 radical (unpaired) electrons. The predicted molar refractivity (Wildman–Crippen MR) is 97.6 cm³/mol. The van der Waals surface area contributed by atoms with Gasteiger partial charge in [-0.25, -0.2) is 0 Å². The number of carbonyl (C=O) groups is 2. The van der Waals surface area contributed by atoms with Gasteiger partial charge in [-0.15, -0.1) is 0 Å². The van der Waals surface area contributed by atoms with Gasteiger partial charge in [-0.05, 0) is 54.8 Å². The molecule has 0 aliphatic carbocycles. The van der Waals surface area contributed by atoms with Crippen LogP contribution in [0.5, 0.6) is 0 Å². The quantitative estimate of drug-likeness (QED) is 0.893. The summed E-state index contributed by atoms with van der Waals surface area (Å²) in [4.78, 5) is 25.4. The Morgan fingerprint density at radius 3 is 2.33 bits per heavy atom. The third kappa shape index (κ3) is 4.83. The first kappa shape index (κ1) is 18.0. The Kier molecular flexibility index (Phi) is 5.99. The number of nitrogens with zero attached hydrogens (tertiary/aromatic N) is 1. The zero-order valence-electron chi connectivity index (χ0n) is 14.1. The summed E-state index contributed by atoms with van der Waals surface area (Å²) in [6.07, 6.45) is 1.00. The van der Waals surface area contributed by atoms with E-state index < -0.39 is 0 Å². The van der Waals surface area contributed by atoms with Crippen molar-refractivity contribution < 1.29 is 9.59 Å². The van der Waals surface area contributed by atoms with Gasteiger partial charge >= 0.3 is 0 Å². The number of carbonyl (C=O) groups excluding carboxylic acids is 2. The lowest BCUT2D eigenvalue weighted by Crippen LogP contribution is -2.21. The molecule has 2 rings (SSSR count). The van der Waals surface area contributed by atoms with Gasteiger partial charge in [0, 0.05) is 36.8 Å². The van der Waals surface area contributed by atoms with Crippen molar-refractivity contribution in [3.8, 4) is 0 Å². The zero-order chi connectivity index (χ0) is 17.7. The van der Waals surface area contributed by atoms with Crippen LogP contribution < -0.4 is 5.32 Å². The van der Waals surface area contributed by atoms with E-state index in [0.717, 1.165) is 11.1 Å². The van der Waals surface area contributed by atoms with E-state index in [0.29, 0.717) is 29.1 Å². The van der Waals surface area contributed by atoms with E-state index in [2.05, 4.69) is 5.32 Å². The van der Waals surface area contributed by atoms with E-state index in [1.807, 2.05) is 25.1 Å². The molecule has 0 spiro atoms. The van der Waals surface area contributed by atoms with Crippen molar-refractivity contribution in [3.05, 3.63) is 64.2 Å². The monoisotopic (exact) mass is 344 g/mol. The molecule has 0 atom stereocenters. The maximum absolute atomic E-state index is 12.0. The van der Waals surface area contributed by atoms with E-state index in [4.69, 9.17) is 11.6 Å². The molecule has 2 amide bonds. The average Bonchev–Trinajstić information content (AvgIpc) is 2.56. The van der Waals surface area contributed by atoms with Gasteiger partial charge in [-0.1, -0.05) is 23.7 Å². The summed E-state index contributed by atoms with van der Waals surface area (Å²) in [7, 11) is 3.41. The van der Waals surface area contributed by atoms with Crippen LogP contribution in [0.25, 0.3) is 0 Å². The standard InChI is InChI=1S/C19H21ClN2O2/c1-13-4-5-14(12-17(13)20)6-11-18(23)21-16-9-7-15(8-10-16)19(24)22(2)3/h4-5,7-10,12H,6,11H2,1-3H3,(H,21,23). The fraction of sp³-hybridized carbons (Fsp3) is 0.263. The van der Waals surface area contributed by atoms with Gasteiger partial charge in [0.25, 0.3) is 5.91 Å². The number of rotatable bonds is 5. The van der Waals surface area contributed by atoms with Gasteiger partial charge in [0.05, 0.1) is 0 Å². The minimum Gasteiger partial charge on any atom is -0.345 e. The molecule has 0 aliphatic heterocycles. The molecule has 0 bridgehead atoms. The van der Waals surface area contributed by atoms with Crippen LogP contribution in [0.4, 0.5) is 5.69 Å². The van der Waals surface area contributed by atoms with Crippen LogP contribution in [-0.4, -0.2) is 30.8 Å². The first-order chi connectivity index (χ1) is 11.4. The van der Waals surface area contributed by atoms with Crippen LogP contribution in [0.15, 0.2) is 42.5 Å². The highest BCUT2D eigenvalue weighted by Gasteiger charge is 2.08. The summed E-state index contributed by atoms with van der Waals surface area (Å²) in [5.74, 6) is -0.137. The lowest BCUT2D eigenvalue weighted by Gasteiger charge is -2.11. The number of halogens is 1. The van der Waals surface area contributed by atoms with Crippen molar-refractivity contribution in [2.24, 2.45) is 0 Å². The summed E-state index contributed by atoms with van der Waals surface area (Å²) in [5, 5.41) is 3.55. The summed E-state index contributed by atoms with van der Waals surface area (Å²) in [6, 6.07) is 12.7. The Balaban J connectivity index is 1.90. The Morgan fingerprint density at radius 2 is 1.75 bits per heavy atom. The highest BCUT2D eigenvalue weighted by atomic mass is 35.5. The van der Waals surface area contributed by atoms with Gasteiger partial charge in [0.2, 0.25) is 5.91 Å². The Labute approximate surface area is 147 Å². The molecule has 1 N–H and O–H groups in total. The van der Waals surface area contributed by atoms with E-state index in [1.54, 1.807) is 38.4 Å². The molecule has 0 unspecified atom stereocenters. The van der Waals surface area contributed by atoms with Crippen LogP contribution in [-0.2, 0) is 11.2 Å². The highest BCUT2D eigenvalue weighted by Crippen LogP contribution is 2.18. The SMILES string of the molecule is Cc1ccc(CCC(=O)Nc2ccc(C(=O)N(C)C)cc2)cc1Cl. The Morgan fingerprint density at radius 1 is 1.08 bits per heavy atom. The molecule has 4 nitrogen and oxygen atoms in total.